The molecule has 2 unspecified atom stereocenters. The molecular weight excluding hydrogens is 210 g/mol. The Morgan fingerprint density at radius 1 is 1.33 bits per heavy atom. The molecule has 0 aromatic heterocycles. The maximum atomic E-state index is 11.3. The Morgan fingerprint density at radius 3 is 2.60 bits per heavy atom. The molecule has 0 spiro atoms. The summed E-state index contributed by atoms with van der Waals surface area (Å²) in [5.74, 6) is 1.34. The largest absolute Gasteiger partial charge is 0.314 e. The molecule has 1 fully saturated rings. The lowest BCUT2D eigenvalue weighted by Gasteiger charge is -2.27. The van der Waals surface area contributed by atoms with Crippen molar-refractivity contribution in [1.82, 2.24) is 5.32 Å². The van der Waals surface area contributed by atoms with E-state index in [2.05, 4.69) is 12.2 Å². The molecule has 0 bridgehead atoms. The van der Waals surface area contributed by atoms with Gasteiger partial charge in [-0.25, -0.2) is 8.42 Å². The summed E-state index contributed by atoms with van der Waals surface area (Å²) in [6.45, 7) is 4.99. The number of piperidine rings is 1. The molecule has 1 saturated heterocycles. The first-order chi connectivity index (χ1) is 7.03. The van der Waals surface area contributed by atoms with Gasteiger partial charge < -0.3 is 5.32 Å². The van der Waals surface area contributed by atoms with Crippen molar-refractivity contribution >= 4 is 9.84 Å². The smallest absolute Gasteiger partial charge is 0.150 e. The molecule has 0 aromatic carbocycles. The van der Waals surface area contributed by atoms with E-state index < -0.39 is 9.84 Å². The van der Waals surface area contributed by atoms with E-state index >= 15 is 0 Å². The number of rotatable bonds is 5. The molecule has 1 aliphatic rings. The lowest BCUT2D eigenvalue weighted by Crippen LogP contribution is -2.36. The first kappa shape index (κ1) is 13.0. The molecule has 0 aromatic rings. The Kier molecular flexibility index (Phi) is 5.06. The minimum absolute atomic E-state index is 0.285. The van der Waals surface area contributed by atoms with Crippen molar-refractivity contribution < 1.29 is 8.42 Å². The molecule has 4 heteroatoms. The summed E-state index contributed by atoms with van der Waals surface area (Å²) in [5, 5.41) is 3.44. The lowest BCUT2D eigenvalue weighted by molar-refractivity contribution is 0.307. The van der Waals surface area contributed by atoms with Crippen LogP contribution in [0, 0.1) is 5.92 Å². The maximum absolute atomic E-state index is 11.3. The van der Waals surface area contributed by atoms with Gasteiger partial charge >= 0.3 is 0 Å². The second-order valence-electron chi connectivity index (χ2n) is 4.63. The predicted octanol–water partition coefficient (Wildman–Crippen LogP) is 1.59. The van der Waals surface area contributed by atoms with Gasteiger partial charge in [-0.3, -0.25) is 0 Å². The van der Waals surface area contributed by atoms with Gasteiger partial charge in [0.15, 0.2) is 0 Å². The summed E-state index contributed by atoms with van der Waals surface area (Å²) in [6, 6.07) is 0.639. The summed E-state index contributed by atoms with van der Waals surface area (Å²) < 4.78 is 22.6. The topological polar surface area (TPSA) is 46.2 Å². The Bertz CT molecular complexity index is 266. The fourth-order valence-corrected chi connectivity index (χ4v) is 2.94. The molecule has 15 heavy (non-hydrogen) atoms. The van der Waals surface area contributed by atoms with E-state index in [1.54, 1.807) is 6.92 Å². The molecule has 1 heterocycles. The van der Waals surface area contributed by atoms with Gasteiger partial charge in [-0.05, 0) is 45.1 Å². The van der Waals surface area contributed by atoms with Crippen molar-refractivity contribution in [3.05, 3.63) is 0 Å². The highest BCUT2D eigenvalue weighted by atomic mass is 32.2. The van der Waals surface area contributed by atoms with Gasteiger partial charge in [0.2, 0.25) is 0 Å². The van der Waals surface area contributed by atoms with Crippen molar-refractivity contribution in [1.29, 1.82) is 0 Å². The third kappa shape index (κ3) is 4.98. The van der Waals surface area contributed by atoms with Crippen LogP contribution >= 0.6 is 0 Å². The predicted molar refractivity (Wildman–Crippen MR) is 63.8 cm³/mol. The van der Waals surface area contributed by atoms with Crippen LogP contribution in [0.4, 0.5) is 0 Å². The van der Waals surface area contributed by atoms with Gasteiger partial charge in [0.05, 0.1) is 5.75 Å². The van der Waals surface area contributed by atoms with Crippen molar-refractivity contribution in [2.24, 2.45) is 5.92 Å². The van der Waals surface area contributed by atoms with Crippen LogP contribution in [0.1, 0.15) is 39.5 Å². The maximum Gasteiger partial charge on any atom is 0.150 e. The zero-order valence-electron chi connectivity index (χ0n) is 9.83. The van der Waals surface area contributed by atoms with Crippen LogP contribution in [0.15, 0.2) is 0 Å². The van der Waals surface area contributed by atoms with E-state index in [4.69, 9.17) is 0 Å². The van der Waals surface area contributed by atoms with Crippen LogP contribution in [-0.2, 0) is 9.84 Å². The van der Waals surface area contributed by atoms with E-state index in [-0.39, 0.29) is 5.75 Å². The summed E-state index contributed by atoms with van der Waals surface area (Å²) >= 11 is 0. The van der Waals surface area contributed by atoms with E-state index in [1.165, 1.54) is 12.8 Å². The second-order valence-corrected chi connectivity index (χ2v) is 7.10. The summed E-state index contributed by atoms with van der Waals surface area (Å²) in [5.41, 5.74) is 0. The van der Waals surface area contributed by atoms with E-state index in [0.717, 1.165) is 19.4 Å². The molecule has 90 valence electrons. The van der Waals surface area contributed by atoms with Crippen LogP contribution in [0.2, 0.25) is 0 Å². The normalized spacial score (nSPS) is 27.9. The Balaban J connectivity index is 2.16. The molecule has 0 aliphatic carbocycles. The van der Waals surface area contributed by atoms with Gasteiger partial charge in [0.1, 0.15) is 9.84 Å². The van der Waals surface area contributed by atoms with Crippen LogP contribution < -0.4 is 5.32 Å². The van der Waals surface area contributed by atoms with Gasteiger partial charge in [0.25, 0.3) is 0 Å². The third-order valence-corrected chi connectivity index (χ3v) is 5.06. The first-order valence-corrected chi connectivity index (χ1v) is 7.79. The molecule has 1 aliphatic heterocycles. The summed E-state index contributed by atoms with van der Waals surface area (Å²) in [7, 11) is -2.75. The third-order valence-electron chi connectivity index (χ3n) is 3.27. The van der Waals surface area contributed by atoms with E-state index in [0.29, 0.717) is 17.7 Å². The standard InChI is InChI=1S/C11H23NO2S/c1-3-15(13,14)8-4-5-11-7-6-10(2)12-9-11/h10-12H,3-9H2,1-2H3. The average Bonchev–Trinajstić information content (AvgIpc) is 2.21. The van der Waals surface area contributed by atoms with Crippen molar-refractivity contribution in [3.63, 3.8) is 0 Å². The monoisotopic (exact) mass is 233 g/mol. The van der Waals surface area contributed by atoms with Crippen LogP contribution in [-0.4, -0.2) is 32.5 Å². The highest BCUT2D eigenvalue weighted by molar-refractivity contribution is 7.91. The van der Waals surface area contributed by atoms with Gasteiger partial charge in [0, 0.05) is 11.8 Å². The number of hydrogen-bond donors (Lipinski definition) is 1. The molecular formula is C11H23NO2S. The minimum atomic E-state index is -2.75. The zero-order valence-corrected chi connectivity index (χ0v) is 10.6. The van der Waals surface area contributed by atoms with E-state index in [1.807, 2.05) is 0 Å². The molecule has 1 N–H and O–H groups in total. The highest BCUT2D eigenvalue weighted by Gasteiger charge is 2.17. The van der Waals surface area contributed by atoms with Crippen LogP contribution in [0.25, 0.3) is 0 Å². The van der Waals surface area contributed by atoms with Gasteiger partial charge in [-0.1, -0.05) is 6.92 Å². The van der Waals surface area contributed by atoms with Crippen LogP contribution in [0.5, 0.6) is 0 Å². The molecule has 0 radical (unpaired) electrons. The summed E-state index contributed by atoms with van der Waals surface area (Å²) in [4.78, 5) is 0. The Morgan fingerprint density at radius 2 is 2.07 bits per heavy atom. The fourth-order valence-electron chi connectivity index (χ4n) is 2.04. The molecule has 0 saturated carbocycles. The van der Waals surface area contributed by atoms with Crippen LogP contribution in [0.3, 0.4) is 0 Å². The Labute approximate surface area is 93.6 Å². The highest BCUT2D eigenvalue weighted by Crippen LogP contribution is 2.19. The molecule has 0 amide bonds. The minimum Gasteiger partial charge on any atom is -0.314 e. The fraction of sp³-hybridized carbons (Fsp3) is 1.00. The van der Waals surface area contributed by atoms with Gasteiger partial charge in [-0.15, -0.1) is 0 Å². The first-order valence-electron chi connectivity index (χ1n) is 5.97. The van der Waals surface area contributed by atoms with E-state index in [9.17, 15) is 8.42 Å². The van der Waals surface area contributed by atoms with Crippen molar-refractivity contribution in [2.45, 2.75) is 45.6 Å². The SMILES string of the molecule is CCS(=O)(=O)CCCC1CCC(C)NC1. The lowest BCUT2D eigenvalue weighted by atomic mass is 9.92. The summed E-state index contributed by atoms with van der Waals surface area (Å²) in [6.07, 6.45) is 4.36. The number of hydrogen-bond acceptors (Lipinski definition) is 3. The zero-order chi connectivity index (χ0) is 11.3. The Hall–Kier alpha value is -0.0900. The van der Waals surface area contributed by atoms with Gasteiger partial charge in [-0.2, -0.15) is 0 Å². The quantitative estimate of drug-likeness (QED) is 0.784. The molecule has 3 nitrogen and oxygen atoms in total. The van der Waals surface area contributed by atoms with Crippen molar-refractivity contribution in [3.8, 4) is 0 Å². The molecule has 2 atom stereocenters. The average molecular weight is 233 g/mol. The number of sulfone groups is 1. The second kappa shape index (κ2) is 5.85. The molecule has 1 rings (SSSR count). The number of nitrogens with one attached hydrogen (secondary N) is 1. The van der Waals surface area contributed by atoms with Crippen molar-refractivity contribution in [2.75, 3.05) is 18.1 Å².